The van der Waals surface area contributed by atoms with Crippen LogP contribution >= 0.6 is 0 Å². The fraction of sp³-hybridized carbons (Fsp3) is 0.500. The molecule has 1 N–H and O–H groups in total. The summed E-state index contributed by atoms with van der Waals surface area (Å²) >= 11 is 0. The van der Waals surface area contributed by atoms with E-state index in [4.69, 9.17) is 4.74 Å². The Hall–Kier alpha value is -1.39. The van der Waals surface area contributed by atoms with Crippen molar-refractivity contribution in [3.8, 4) is 0 Å². The van der Waals surface area contributed by atoms with Gasteiger partial charge in [0, 0.05) is 19.6 Å². The minimum absolute atomic E-state index is 0.0267. The molecule has 4 heteroatoms. The van der Waals surface area contributed by atoms with E-state index in [1.54, 1.807) is 0 Å². The molecular formula is C14H18N2O2. The van der Waals surface area contributed by atoms with E-state index < -0.39 is 0 Å². The van der Waals surface area contributed by atoms with Gasteiger partial charge >= 0.3 is 0 Å². The van der Waals surface area contributed by atoms with Crippen molar-refractivity contribution in [1.29, 1.82) is 0 Å². The standard InChI is InChI=1S/C14H18N2O2/c17-14-12-7-16(6-11-4-2-1-3-5-11)8-13(15-14)10-18-9-12/h1-5,12-13H,6-10H2,(H,15,17)/t12-,13-/m1/s1. The molecular weight excluding hydrogens is 228 g/mol. The average molecular weight is 246 g/mol. The lowest BCUT2D eigenvalue weighted by atomic mass is 10.1. The van der Waals surface area contributed by atoms with E-state index >= 15 is 0 Å². The molecule has 0 spiro atoms. The molecule has 2 bridgehead atoms. The second-order valence-corrected chi connectivity index (χ2v) is 5.12. The molecule has 18 heavy (non-hydrogen) atoms. The first kappa shape index (κ1) is 11.7. The number of carbonyl (C=O) groups is 1. The van der Waals surface area contributed by atoms with Gasteiger partial charge in [0.1, 0.15) is 0 Å². The van der Waals surface area contributed by atoms with E-state index in [1.807, 2.05) is 6.07 Å². The first-order valence-electron chi connectivity index (χ1n) is 6.45. The van der Waals surface area contributed by atoms with Gasteiger partial charge in [-0.2, -0.15) is 0 Å². The van der Waals surface area contributed by atoms with Crippen LogP contribution in [0.2, 0.25) is 0 Å². The predicted molar refractivity (Wildman–Crippen MR) is 68.0 cm³/mol. The van der Waals surface area contributed by atoms with Crippen LogP contribution in [0.15, 0.2) is 30.3 Å². The molecule has 96 valence electrons. The summed E-state index contributed by atoms with van der Waals surface area (Å²) in [5.41, 5.74) is 1.30. The molecule has 2 aliphatic heterocycles. The Morgan fingerprint density at radius 1 is 1.22 bits per heavy atom. The van der Waals surface area contributed by atoms with Crippen molar-refractivity contribution in [1.82, 2.24) is 10.2 Å². The van der Waals surface area contributed by atoms with Crippen molar-refractivity contribution in [2.24, 2.45) is 5.92 Å². The third-order valence-electron chi connectivity index (χ3n) is 3.56. The van der Waals surface area contributed by atoms with Crippen LogP contribution in [0.3, 0.4) is 0 Å². The number of ether oxygens (including phenoxy) is 1. The van der Waals surface area contributed by atoms with Crippen LogP contribution in [0.25, 0.3) is 0 Å². The van der Waals surface area contributed by atoms with Crippen LogP contribution in [-0.2, 0) is 16.1 Å². The Balaban J connectivity index is 1.72. The highest BCUT2D eigenvalue weighted by molar-refractivity contribution is 5.79. The lowest BCUT2D eigenvalue weighted by Gasteiger charge is -2.27. The SMILES string of the molecule is O=C1N[C@H]2COC[C@H]1CN(Cc1ccccc1)C2. The summed E-state index contributed by atoms with van der Waals surface area (Å²) in [5, 5.41) is 3.05. The average Bonchev–Trinajstić information content (AvgIpc) is 2.59. The fourth-order valence-corrected chi connectivity index (χ4v) is 2.69. The Morgan fingerprint density at radius 2 is 2.06 bits per heavy atom. The highest BCUT2D eigenvalue weighted by Gasteiger charge is 2.32. The molecule has 2 saturated heterocycles. The maximum atomic E-state index is 11.9. The number of fused-ring (bicyclic) bond motifs is 3. The molecule has 2 fully saturated rings. The summed E-state index contributed by atoms with van der Waals surface area (Å²) in [4.78, 5) is 14.2. The normalized spacial score (nSPS) is 28.6. The maximum Gasteiger partial charge on any atom is 0.227 e. The maximum absolute atomic E-state index is 11.9. The van der Waals surface area contributed by atoms with Crippen molar-refractivity contribution in [2.45, 2.75) is 12.6 Å². The molecule has 0 aliphatic carbocycles. The lowest BCUT2D eigenvalue weighted by Crippen LogP contribution is -2.41. The summed E-state index contributed by atoms with van der Waals surface area (Å²) in [6, 6.07) is 10.5. The van der Waals surface area contributed by atoms with Crippen molar-refractivity contribution >= 4 is 5.91 Å². The van der Waals surface area contributed by atoms with E-state index in [2.05, 4.69) is 34.5 Å². The highest BCUT2D eigenvalue weighted by Crippen LogP contribution is 2.16. The van der Waals surface area contributed by atoms with Crippen LogP contribution in [0, 0.1) is 5.92 Å². The summed E-state index contributed by atoms with van der Waals surface area (Å²) in [6.07, 6.45) is 0. The molecule has 2 heterocycles. The van der Waals surface area contributed by atoms with Crippen LogP contribution in [0.4, 0.5) is 0 Å². The molecule has 0 aromatic heterocycles. The van der Waals surface area contributed by atoms with E-state index in [-0.39, 0.29) is 17.9 Å². The van der Waals surface area contributed by atoms with Gasteiger partial charge in [-0.1, -0.05) is 30.3 Å². The molecule has 0 unspecified atom stereocenters. The smallest absolute Gasteiger partial charge is 0.227 e. The van der Waals surface area contributed by atoms with Crippen molar-refractivity contribution in [3.63, 3.8) is 0 Å². The molecule has 1 amide bonds. The molecule has 2 aliphatic rings. The molecule has 4 nitrogen and oxygen atoms in total. The fourth-order valence-electron chi connectivity index (χ4n) is 2.69. The third-order valence-corrected chi connectivity index (χ3v) is 3.56. The quantitative estimate of drug-likeness (QED) is 0.832. The number of rotatable bonds is 2. The zero-order chi connectivity index (χ0) is 12.4. The third kappa shape index (κ3) is 2.54. The minimum atomic E-state index is -0.0267. The largest absolute Gasteiger partial charge is 0.378 e. The van der Waals surface area contributed by atoms with Crippen molar-refractivity contribution in [3.05, 3.63) is 35.9 Å². The zero-order valence-electron chi connectivity index (χ0n) is 10.3. The van der Waals surface area contributed by atoms with E-state index in [9.17, 15) is 4.79 Å². The Morgan fingerprint density at radius 3 is 2.89 bits per heavy atom. The number of carbonyl (C=O) groups excluding carboxylic acids is 1. The summed E-state index contributed by atoms with van der Waals surface area (Å²) in [6.45, 7) is 3.75. The monoisotopic (exact) mass is 246 g/mol. The number of nitrogens with zero attached hydrogens (tertiary/aromatic N) is 1. The first-order chi connectivity index (χ1) is 8.81. The van der Waals surface area contributed by atoms with Gasteiger partial charge in [0.2, 0.25) is 5.91 Å². The van der Waals surface area contributed by atoms with Gasteiger partial charge in [-0.05, 0) is 5.56 Å². The van der Waals surface area contributed by atoms with Gasteiger partial charge in [-0.25, -0.2) is 0 Å². The van der Waals surface area contributed by atoms with Crippen LogP contribution in [0.1, 0.15) is 5.56 Å². The summed E-state index contributed by atoms with van der Waals surface area (Å²) in [5.74, 6) is 0.120. The van der Waals surface area contributed by atoms with Gasteiger partial charge in [0.05, 0.1) is 25.2 Å². The predicted octanol–water partition coefficient (Wildman–Crippen LogP) is 0.633. The second kappa shape index (κ2) is 5.08. The van der Waals surface area contributed by atoms with Gasteiger partial charge in [0.25, 0.3) is 0 Å². The number of nitrogens with one attached hydrogen (secondary N) is 1. The number of hydrogen-bond donors (Lipinski definition) is 1. The number of benzene rings is 1. The van der Waals surface area contributed by atoms with Gasteiger partial charge < -0.3 is 10.1 Å². The molecule has 0 radical (unpaired) electrons. The van der Waals surface area contributed by atoms with Crippen LogP contribution in [0.5, 0.6) is 0 Å². The highest BCUT2D eigenvalue weighted by atomic mass is 16.5. The van der Waals surface area contributed by atoms with Crippen LogP contribution in [-0.4, -0.2) is 43.2 Å². The van der Waals surface area contributed by atoms with Gasteiger partial charge in [-0.15, -0.1) is 0 Å². The van der Waals surface area contributed by atoms with Crippen molar-refractivity contribution < 1.29 is 9.53 Å². The minimum Gasteiger partial charge on any atom is -0.378 e. The van der Waals surface area contributed by atoms with Gasteiger partial charge in [0.15, 0.2) is 0 Å². The topological polar surface area (TPSA) is 41.6 Å². The molecule has 1 aromatic carbocycles. The lowest BCUT2D eigenvalue weighted by molar-refractivity contribution is -0.125. The Bertz CT molecular complexity index is 421. The van der Waals surface area contributed by atoms with Crippen molar-refractivity contribution in [2.75, 3.05) is 26.3 Å². The Kier molecular flexibility index (Phi) is 3.30. The molecule has 0 saturated carbocycles. The summed E-state index contributed by atoms with van der Waals surface area (Å²) < 4.78 is 5.52. The number of hydrogen-bond acceptors (Lipinski definition) is 3. The molecule has 2 atom stereocenters. The number of amides is 1. The molecule has 3 rings (SSSR count). The summed E-state index contributed by atoms with van der Waals surface area (Å²) in [7, 11) is 0. The van der Waals surface area contributed by atoms with E-state index in [0.29, 0.717) is 13.2 Å². The first-order valence-corrected chi connectivity index (χ1v) is 6.45. The Labute approximate surface area is 107 Å². The second-order valence-electron chi connectivity index (χ2n) is 5.12. The van der Waals surface area contributed by atoms with Crippen LogP contribution < -0.4 is 5.32 Å². The zero-order valence-corrected chi connectivity index (χ0v) is 10.3. The van der Waals surface area contributed by atoms with E-state index in [0.717, 1.165) is 19.6 Å². The van der Waals surface area contributed by atoms with E-state index in [1.165, 1.54) is 5.56 Å². The van der Waals surface area contributed by atoms with Gasteiger partial charge in [-0.3, -0.25) is 9.69 Å². The molecule has 1 aromatic rings.